The van der Waals surface area contributed by atoms with Gasteiger partial charge < -0.3 is 5.11 Å². The number of hydrogen-bond acceptors (Lipinski definition) is 4. The van der Waals surface area contributed by atoms with Gasteiger partial charge in [0.05, 0.1) is 17.4 Å². The Kier molecular flexibility index (Phi) is 3.27. The lowest BCUT2D eigenvalue weighted by Gasteiger charge is -2.06. The summed E-state index contributed by atoms with van der Waals surface area (Å²) in [5.41, 5.74) is 0. The molecular weight excluding hydrogens is 280 g/mol. The molecule has 3 rings (SSSR count). The highest BCUT2D eigenvalue weighted by molar-refractivity contribution is 7.99. The van der Waals surface area contributed by atoms with Gasteiger partial charge in [0, 0.05) is 10.3 Å². The molecule has 19 heavy (non-hydrogen) atoms. The van der Waals surface area contributed by atoms with Crippen LogP contribution in [-0.4, -0.2) is 15.1 Å². The zero-order valence-corrected chi connectivity index (χ0v) is 11.3. The first-order chi connectivity index (χ1) is 9.24. The molecule has 0 saturated heterocycles. The van der Waals surface area contributed by atoms with Crippen molar-refractivity contribution in [3.05, 3.63) is 53.8 Å². The van der Waals surface area contributed by atoms with Crippen LogP contribution in [0, 0.1) is 0 Å². The van der Waals surface area contributed by atoms with Crippen molar-refractivity contribution in [1.29, 1.82) is 0 Å². The van der Waals surface area contributed by atoms with Gasteiger partial charge >= 0.3 is 0 Å². The van der Waals surface area contributed by atoms with Crippen molar-refractivity contribution >= 4 is 34.1 Å². The fourth-order valence-corrected chi connectivity index (χ4v) is 2.73. The molecule has 0 fully saturated rings. The van der Waals surface area contributed by atoms with Crippen LogP contribution in [0.15, 0.2) is 58.8 Å². The second-order valence-electron chi connectivity index (χ2n) is 3.91. The van der Waals surface area contributed by atoms with Gasteiger partial charge in [-0.15, -0.1) is 0 Å². The van der Waals surface area contributed by atoms with Gasteiger partial charge in [-0.1, -0.05) is 35.9 Å². The number of rotatable bonds is 2. The SMILES string of the molecule is Oc1ccc(Sc2ncc(Cl)cn2)c2ccccc12. The van der Waals surface area contributed by atoms with E-state index < -0.39 is 0 Å². The lowest BCUT2D eigenvalue weighted by molar-refractivity contribution is 0.481. The minimum atomic E-state index is 0.275. The van der Waals surface area contributed by atoms with Gasteiger partial charge in [0.2, 0.25) is 0 Å². The third-order valence-corrected chi connectivity index (χ3v) is 3.82. The highest BCUT2D eigenvalue weighted by atomic mass is 35.5. The van der Waals surface area contributed by atoms with Gasteiger partial charge in [-0.3, -0.25) is 0 Å². The molecule has 0 aliphatic carbocycles. The maximum Gasteiger partial charge on any atom is 0.192 e. The summed E-state index contributed by atoms with van der Waals surface area (Å²) >= 11 is 7.21. The van der Waals surface area contributed by atoms with Crippen LogP contribution in [0.2, 0.25) is 5.02 Å². The molecule has 0 unspecified atom stereocenters. The average Bonchev–Trinajstić information content (AvgIpc) is 2.45. The van der Waals surface area contributed by atoms with E-state index in [0.29, 0.717) is 10.2 Å². The molecule has 0 bridgehead atoms. The van der Waals surface area contributed by atoms with Crippen molar-refractivity contribution in [2.75, 3.05) is 0 Å². The van der Waals surface area contributed by atoms with E-state index in [0.717, 1.165) is 15.7 Å². The summed E-state index contributed by atoms with van der Waals surface area (Å²) in [6.07, 6.45) is 3.14. The standard InChI is InChI=1S/C14H9ClN2OS/c15-9-7-16-14(17-8-9)19-13-6-5-12(18)10-3-1-2-4-11(10)13/h1-8,18H. The Labute approximate surface area is 119 Å². The number of fused-ring (bicyclic) bond motifs is 1. The maximum atomic E-state index is 9.84. The van der Waals surface area contributed by atoms with Crippen LogP contribution in [-0.2, 0) is 0 Å². The van der Waals surface area contributed by atoms with Crippen LogP contribution >= 0.6 is 23.4 Å². The number of aromatic nitrogens is 2. The van der Waals surface area contributed by atoms with E-state index >= 15 is 0 Å². The molecule has 0 radical (unpaired) electrons. The third-order valence-electron chi connectivity index (χ3n) is 2.66. The lowest BCUT2D eigenvalue weighted by Crippen LogP contribution is -1.85. The fourth-order valence-electron chi connectivity index (χ4n) is 1.80. The first-order valence-electron chi connectivity index (χ1n) is 5.60. The summed E-state index contributed by atoms with van der Waals surface area (Å²) in [6, 6.07) is 11.2. The topological polar surface area (TPSA) is 46.0 Å². The molecule has 0 spiro atoms. The molecule has 1 N–H and O–H groups in total. The fraction of sp³-hybridized carbons (Fsp3) is 0. The quantitative estimate of drug-likeness (QED) is 0.720. The zero-order chi connectivity index (χ0) is 13.2. The van der Waals surface area contributed by atoms with E-state index in [2.05, 4.69) is 9.97 Å². The molecule has 0 aliphatic rings. The van der Waals surface area contributed by atoms with Gasteiger partial charge in [-0.05, 0) is 29.3 Å². The molecule has 1 aromatic heterocycles. The van der Waals surface area contributed by atoms with E-state index in [4.69, 9.17) is 11.6 Å². The summed E-state index contributed by atoms with van der Waals surface area (Å²) in [5, 5.41) is 12.8. The van der Waals surface area contributed by atoms with E-state index in [9.17, 15) is 5.11 Å². The first-order valence-corrected chi connectivity index (χ1v) is 6.79. The van der Waals surface area contributed by atoms with E-state index in [-0.39, 0.29) is 5.75 Å². The van der Waals surface area contributed by atoms with Gasteiger partial charge in [0.25, 0.3) is 0 Å². The van der Waals surface area contributed by atoms with Crippen LogP contribution in [0.4, 0.5) is 0 Å². The molecule has 0 saturated carbocycles. The molecule has 0 aliphatic heterocycles. The normalized spacial score (nSPS) is 10.8. The second-order valence-corrected chi connectivity index (χ2v) is 5.36. The van der Waals surface area contributed by atoms with Crippen LogP contribution in [0.1, 0.15) is 0 Å². The smallest absolute Gasteiger partial charge is 0.192 e. The minimum Gasteiger partial charge on any atom is -0.507 e. The number of nitrogens with zero attached hydrogens (tertiary/aromatic N) is 2. The third kappa shape index (κ3) is 2.50. The number of hydrogen-bond donors (Lipinski definition) is 1. The maximum absolute atomic E-state index is 9.84. The van der Waals surface area contributed by atoms with Crippen molar-refractivity contribution in [3.8, 4) is 5.75 Å². The number of phenols is 1. The molecule has 0 atom stereocenters. The summed E-state index contributed by atoms with van der Waals surface area (Å²) in [6.45, 7) is 0. The Hall–Kier alpha value is -1.78. The molecular formula is C14H9ClN2OS. The van der Waals surface area contributed by atoms with Crippen molar-refractivity contribution in [3.63, 3.8) is 0 Å². The minimum absolute atomic E-state index is 0.275. The van der Waals surface area contributed by atoms with Crippen LogP contribution in [0.3, 0.4) is 0 Å². The van der Waals surface area contributed by atoms with E-state index in [1.165, 1.54) is 11.8 Å². The Morgan fingerprint density at radius 1 is 0.947 bits per heavy atom. The molecule has 3 nitrogen and oxygen atoms in total. The lowest BCUT2D eigenvalue weighted by atomic mass is 10.1. The Balaban J connectivity index is 2.06. The second kappa shape index (κ2) is 5.07. The number of aromatic hydroxyl groups is 1. The largest absolute Gasteiger partial charge is 0.507 e. The van der Waals surface area contributed by atoms with Gasteiger partial charge in [-0.25, -0.2) is 9.97 Å². The number of halogens is 1. The van der Waals surface area contributed by atoms with Gasteiger partial charge in [-0.2, -0.15) is 0 Å². The van der Waals surface area contributed by atoms with Crippen molar-refractivity contribution < 1.29 is 5.11 Å². The molecule has 94 valence electrons. The van der Waals surface area contributed by atoms with Crippen molar-refractivity contribution in [1.82, 2.24) is 9.97 Å². The molecule has 1 heterocycles. The molecule has 2 aromatic carbocycles. The van der Waals surface area contributed by atoms with E-state index in [1.807, 2.05) is 30.3 Å². The Bertz CT molecular complexity index is 731. The van der Waals surface area contributed by atoms with E-state index in [1.54, 1.807) is 18.5 Å². The summed E-state index contributed by atoms with van der Waals surface area (Å²) < 4.78 is 0. The van der Waals surface area contributed by atoms with Gasteiger partial charge in [0.1, 0.15) is 5.75 Å². The predicted molar refractivity (Wildman–Crippen MR) is 76.8 cm³/mol. The monoisotopic (exact) mass is 288 g/mol. The molecule has 5 heteroatoms. The first kappa shape index (κ1) is 12.3. The number of benzene rings is 2. The van der Waals surface area contributed by atoms with Gasteiger partial charge in [0.15, 0.2) is 5.16 Å². The summed E-state index contributed by atoms with van der Waals surface area (Å²) in [7, 11) is 0. The highest BCUT2D eigenvalue weighted by Gasteiger charge is 2.07. The van der Waals surface area contributed by atoms with Crippen LogP contribution in [0.25, 0.3) is 10.8 Å². The predicted octanol–water partition coefficient (Wildman–Crippen LogP) is 4.14. The Morgan fingerprint density at radius 3 is 2.37 bits per heavy atom. The van der Waals surface area contributed by atoms with Crippen molar-refractivity contribution in [2.24, 2.45) is 0 Å². The zero-order valence-electron chi connectivity index (χ0n) is 9.75. The molecule has 0 amide bonds. The van der Waals surface area contributed by atoms with Crippen LogP contribution < -0.4 is 0 Å². The number of phenolic OH excluding ortho intramolecular Hbond substituents is 1. The van der Waals surface area contributed by atoms with Crippen LogP contribution in [0.5, 0.6) is 5.75 Å². The Morgan fingerprint density at radius 2 is 1.63 bits per heavy atom. The highest BCUT2D eigenvalue weighted by Crippen LogP contribution is 2.35. The molecule has 3 aromatic rings. The van der Waals surface area contributed by atoms with Crippen molar-refractivity contribution in [2.45, 2.75) is 10.1 Å². The summed E-state index contributed by atoms with van der Waals surface area (Å²) in [4.78, 5) is 9.32. The average molecular weight is 289 g/mol. The summed E-state index contributed by atoms with van der Waals surface area (Å²) in [5.74, 6) is 0.275.